The molecule has 1 aliphatic rings. The number of rotatable bonds is 5. The molecule has 0 saturated carbocycles. The number of nitrogens with one attached hydrogen (secondary N) is 1. The van der Waals surface area contributed by atoms with Gasteiger partial charge in [-0.1, -0.05) is 37.3 Å². The fourth-order valence-electron chi connectivity index (χ4n) is 2.48. The lowest BCUT2D eigenvalue weighted by atomic mass is 10.0. The van der Waals surface area contributed by atoms with Gasteiger partial charge in [0.05, 0.1) is 0 Å². The third kappa shape index (κ3) is 3.74. The summed E-state index contributed by atoms with van der Waals surface area (Å²) in [5.74, 6) is 0. The van der Waals surface area contributed by atoms with Gasteiger partial charge in [-0.15, -0.1) is 0 Å². The normalized spacial score (nSPS) is 22.9. The molecule has 0 aliphatic carbocycles. The monoisotopic (exact) mass is 264 g/mol. The van der Waals surface area contributed by atoms with Crippen LogP contribution >= 0.6 is 11.8 Å². The van der Waals surface area contributed by atoms with Gasteiger partial charge >= 0.3 is 0 Å². The molecular formula is C15H24N2S. The lowest BCUT2D eigenvalue weighted by Crippen LogP contribution is -2.46. The van der Waals surface area contributed by atoms with Crippen molar-refractivity contribution in [1.29, 1.82) is 0 Å². The van der Waals surface area contributed by atoms with Crippen LogP contribution in [0.3, 0.4) is 0 Å². The third-order valence-electron chi connectivity index (χ3n) is 3.76. The zero-order valence-corrected chi connectivity index (χ0v) is 12.2. The zero-order chi connectivity index (χ0) is 12.8. The number of hydrogen-bond donors (Lipinski definition) is 1. The molecule has 0 amide bonds. The first-order chi connectivity index (χ1) is 8.81. The maximum absolute atomic E-state index is 3.52. The van der Waals surface area contributed by atoms with Crippen molar-refractivity contribution < 1.29 is 0 Å². The van der Waals surface area contributed by atoms with E-state index in [-0.39, 0.29) is 0 Å². The fourth-order valence-corrected chi connectivity index (χ4v) is 2.82. The van der Waals surface area contributed by atoms with Crippen LogP contribution in [-0.4, -0.2) is 42.6 Å². The van der Waals surface area contributed by atoms with E-state index in [9.17, 15) is 0 Å². The van der Waals surface area contributed by atoms with Gasteiger partial charge in [-0.3, -0.25) is 4.90 Å². The predicted molar refractivity (Wildman–Crippen MR) is 81.2 cm³/mol. The smallest absolute Gasteiger partial charge is 0.0473 e. The summed E-state index contributed by atoms with van der Waals surface area (Å²) in [6.07, 6.45) is 3.49. The highest BCUT2D eigenvalue weighted by atomic mass is 32.2. The summed E-state index contributed by atoms with van der Waals surface area (Å²) in [5.41, 5.74) is 1.45. The molecule has 0 radical (unpaired) electrons. The Morgan fingerprint density at radius 2 is 2.17 bits per heavy atom. The molecule has 1 saturated heterocycles. The number of hydrogen-bond acceptors (Lipinski definition) is 3. The van der Waals surface area contributed by atoms with Crippen LogP contribution in [0.15, 0.2) is 30.3 Å². The maximum atomic E-state index is 3.52. The van der Waals surface area contributed by atoms with Gasteiger partial charge in [0.2, 0.25) is 0 Å². The summed E-state index contributed by atoms with van der Waals surface area (Å²) >= 11 is 1.97. The van der Waals surface area contributed by atoms with Crippen molar-refractivity contribution >= 4 is 11.8 Å². The minimum absolute atomic E-state index is 0.550. The molecule has 1 N–H and O–H groups in total. The first kappa shape index (κ1) is 13.9. The quantitative estimate of drug-likeness (QED) is 0.880. The number of thioether (sulfide) groups is 1. The maximum Gasteiger partial charge on any atom is 0.0473 e. The third-order valence-corrected chi connectivity index (χ3v) is 4.80. The summed E-state index contributed by atoms with van der Waals surface area (Å²) in [4.78, 5) is 2.64. The predicted octanol–water partition coefficient (Wildman–Crippen LogP) is 2.77. The van der Waals surface area contributed by atoms with E-state index in [0.717, 1.165) is 18.3 Å². The molecule has 0 spiro atoms. The molecule has 1 heterocycles. The highest BCUT2D eigenvalue weighted by Crippen LogP contribution is 2.23. The van der Waals surface area contributed by atoms with E-state index in [1.165, 1.54) is 25.1 Å². The van der Waals surface area contributed by atoms with Crippen LogP contribution in [0.2, 0.25) is 0 Å². The second-order valence-electron chi connectivity index (χ2n) is 5.00. The van der Waals surface area contributed by atoms with Crippen molar-refractivity contribution in [3.63, 3.8) is 0 Å². The summed E-state index contributed by atoms with van der Waals surface area (Å²) < 4.78 is 0. The minimum Gasteiger partial charge on any atom is -0.314 e. The summed E-state index contributed by atoms with van der Waals surface area (Å²) in [6, 6.07) is 11.4. The average Bonchev–Trinajstić information content (AvgIpc) is 2.46. The molecule has 2 nitrogen and oxygen atoms in total. The Kier molecular flexibility index (Phi) is 5.54. The lowest BCUT2D eigenvalue weighted by molar-refractivity contribution is 0.160. The Morgan fingerprint density at radius 1 is 1.39 bits per heavy atom. The molecule has 18 heavy (non-hydrogen) atoms. The first-order valence-electron chi connectivity index (χ1n) is 6.83. The minimum atomic E-state index is 0.550. The number of benzene rings is 1. The van der Waals surface area contributed by atoms with Crippen LogP contribution in [-0.2, 0) is 0 Å². The van der Waals surface area contributed by atoms with Crippen LogP contribution in [0.25, 0.3) is 0 Å². The standard InChI is InChI=1S/C15H24N2S/c1-13(18-2)8-10-17-11-9-16-12-15(17)14-6-4-3-5-7-14/h3-7,13,15-16H,8-12H2,1-2H3. The van der Waals surface area contributed by atoms with E-state index in [0.29, 0.717) is 6.04 Å². The molecule has 3 heteroatoms. The van der Waals surface area contributed by atoms with Crippen LogP contribution in [0.4, 0.5) is 0 Å². The Bertz CT molecular complexity index is 342. The molecule has 1 aliphatic heterocycles. The van der Waals surface area contributed by atoms with Gasteiger partial charge in [0.15, 0.2) is 0 Å². The highest BCUT2D eigenvalue weighted by Gasteiger charge is 2.23. The largest absolute Gasteiger partial charge is 0.314 e. The van der Waals surface area contributed by atoms with Gasteiger partial charge in [0.1, 0.15) is 0 Å². The van der Waals surface area contributed by atoms with E-state index in [1.807, 2.05) is 11.8 Å². The van der Waals surface area contributed by atoms with E-state index in [1.54, 1.807) is 0 Å². The van der Waals surface area contributed by atoms with E-state index >= 15 is 0 Å². The average molecular weight is 264 g/mol. The molecule has 2 atom stereocenters. The Balaban J connectivity index is 1.98. The van der Waals surface area contributed by atoms with Gasteiger partial charge in [-0.25, -0.2) is 0 Å². The van der Waals surface area contributed by atoms with E-state index in [4.69, 9.17) is 0 Å². The van der Waals surface area contributed by atoms with E-state index < -0.39 is 0 Å². The van der Waals surface area contributed by atoms with Gasteiger partial charge < -0.3 is 5.32 Å². The zero-order valence-electron chi connectivity index (χ0n) is 11.4. The van der Waals surface area contributed by atoms with Crippen molar-refractivity contribution in [2.75, 3.05) is 32.4 Å². The van der Waals surface area contributed by atoms with Crippen LogP contribution in [0, 0.1) is 0 Å². The van der Waals surface area contributed by atoms with Crippen LogP contribution in [0.5, 0.6) is 0 Å². The lowest BCUT2D eigenvalue weighted by Gasteiger charge is -2.37. The molecule has 100 valence electrons. The second kappa shape index (κ2) is 7.17. The second-order valence-corrected chi connectivity index (χ2v) is 6.28. The summed E-state index contributed by atoms with van der Waals surface area (Å²) in [5, 5.41) is 4.28. The number of piperazine rings is 1. The van der Waals surface area contributed by atoms with Gasteiger partial charge in [-0.2, -0.15) is 11.8 Å². The van der Waals surface area contributed by atoms with Crippen molar-refractivity contribution in [3.8, 4) is 0 Å². The molecule has 0 bridgehead atoms. The Hall–Kier alpha value is -0.510. The molecule has 2 rings (SSSR count). The highest BCUT2D eigenvalue weighted by molar-refractivity contribution is 7.99. The Labute approximate surface area is 115 Å². The van der Waals surface area contributed by atoms with Crippen molar-refractivity contribution in [2.24, 2.45) is 0 Å². The first-order valence-corrected chi connectivity index (χ1v) is 8.12. The van der Waals surface area contributed by atoms with Crippen molar-refractivity contribution in [2.45, 2.75) is 24.6 Å². The fraction of sp³-hybridized carbons (Fsp3) is 0.600. The van der Waals surface area contributed by atoms with Crippen molar-refractivity contribution in [3.05, 3.63) is 35.9 Å². The molecule has 1 aromatic rings. The number of nitrogens with zero attached hydrogens (tertiary/aromatic N) is 1. The topological polar surface area (TPSA) is 15.3 Å². The molecule has 0 aromatic heterocycles. The Morgan fingerprint density at radius 3 is 2.89 bits per heavy atom. The van der Waals surface area contributed by atoms with Crippen LogP contribution < -0.4 is 5.32 Å². The van der Waals surface area contributed by atoms with Gasteiger partial charge in [-0.05, 0) is 24.8 Å². The van der Waals surface area contributed by atoms with Crippen LogP contribution in [0.1, 0.15) is 24.9 Å². The summed E-state index contributed by atoms with van der Waals surface area (Å²) in [7, 11) is 0. The molecule has 1 fully saturated rings. The molecule has 1 aromatic carbocycles. The van der Waals surface area contributed by atoms with E-state index in [2.05, 4.69) is 53.7 Å². The SMILES string of the molecule is CSC(C)CCN1CCNCC1c1ccccc1. The molecule has 2 unspecified atom stereocenters. The van der Waals surface area contributed by atoms with Gasteiger partial charge in [0.25, 0.3) is 0 Å². The molecular weight excluding hydrogens is 240 g/mol. The van der Waals surface area contributed by atoms with Crippen molar-refractivity contribution in [1.82, 2.24) is 10.2 Å². The van der Waals surface area contributed by atoms with Gasteiger partial charge in [0, 0.05) is 30.9 Å². The summed E-state index contributed by atoms with van der Waals surface area (Å²) in [6.45, 7) is 6.91.